The Kier molecular flexibility index (Phi) is 5.56. The van der Waals surface area contributed by atoms with Crippen LogP contribution in [0.4, 0.5) is 5.69 Å². The van der Waals surface area contributed by atoms with Crippen LogP contribution in [0, 0.1) is 15.5 Å². The Hall–Kier alpha value is -1.22. The summed E-state index contributed by atoms with van der Waals surface area (Å²) >= 11 is 0. The second-order valence-corrected chi connectivity index (χ2v) is 7.91. The molecule has 1 heterocycles. The maximum Gasteiger partial charge on any atom is 0.269 e. The fraction of sp³-hybridized carbons (Fsp3) is 0.538. The molecule has 1 aliphatic heterocycles. The van der Waals surface area contributed by atoms with Crippen molar-refractivity contribution in [3.05, 3.63) is 34.4 Å². The SMILES string of the molecule is CC1(C)CN(S(=O)(=O)c2ccc([N+](=O)[O-])cc2)CCC1N.Cl. The Bertz CT molecular complexity index is 646. The van der Waals surface area contributed by atoms with Crippen LogP contribution in [0.5, 0.6) is 0 Å². The molecule has 0 spiro atoms. The van der Waals surface area contributed by atoms with Crippen LogP contribution in [0.2, 0.25) is 0 Å². The lowest BCUT2D eigenvalue weighted by molar-refractivity contribution is -0.384. The number of halogens is 1. The molecular formula is C13H20ClN3O4S. The Labute approximate surface area is 136 Å². The minimum absolute atomic E-state index is 0. The highest BCUT2D eigenvalue weighted by molar-refractivity contribution is 7.89. The fourth-order valence-corrected chi connectivity index (χ4v) is 4.05. The summed E-state index contributed by atoms with van der Waals surface area (Å²) in [6, 6.07) is 4.91. The van der Waals surface area contributed by atoms with Crippen LogP contribution in [0.15, 0.2) is 29.2 Å². The molecule has 7 nitrogen and oxygen atoms in total. The van der Waals surface area contributed by atoms with Gasteiger partial charge in [0.15, 0.2) is 0 Å². The molecular weight excluding hydrogens is 330 g/mol. The summed E-state index contributed by atoms with van der Waals surface area (Å²) in [7, 11) is -3.64. The summed E-state index contributed by atoms with van der Waals surface area (Å²) in [6.07, 6.45) is 0.596. The van der Waals surface area contributed by atoms with Crippen molar-refractivity contribution >= 4 is 28.1 Å². The first-order valence-corrected chi connectivity index (χ1v) is 8.09. The summed E-state index contributed by atoms with van der Waals surface area (Å²) in [5, 5.41) is 10.6. The molecule has 1 atom stereocenters. The normalized spacial score (nSPS) is 21.9. The van der Waals surface area contributed by atoms with Crippen molar-refractivity contribution < 1.29 is 13.3 Å². The standard InChI is InChI=1S/C13H19N3O4S.ClH/c1-13(2)9-15(8-7-12(13)14)21(19,20)11-5-3-10(4-6-11)16(17)18;/h3-6,12H,7-9,14H2,1-2H3;1H. The molecule has 22 heavy (non-hydrogen) atoms. The van der Waals surface area contributed by atoms with Gasteiger partial charge in [-0.25, -0.2) is 8.42 Å². The third-order valence-corrected chi connectivity index (χ3v) is 5.82. The van der Waals surface area contributed by atoms with Crippen LogP contribution in [0.25, 0.3) is 0 Å². The van der Waals surface area contributed by atoms with E-state index >= 15 is 0 Å². The lowest BCUT2D eigenvalue weighted by Gasteiger charge is -2.41. The number of rotatable bonds is 3. The van der Waals surface area contributed by atoms with E-state index in [4.69, 9.17) is 5.73 Å². The van der Waals surface area contributed by atoms with Crippen molar-refractivity contribution in [2.45, 2.75) is 31.2 Å². The molecule has 1 saturated heterocycles. The maximum absolute atomic E-state index is 12.6. The van der Waals surface area contributed by atoms with Crippen LogP contribution < -0.4 is 5.73 Å². The molecule has 0 amide bonds. The van der Waals surface area contributed by atoms with E-state index in [1.807, 2.05) is 13.8 Å². The monoisotopic (exact) mass is 349 g/mol. The molecule has 1 aliphatic rings. The van der Waals surface area contributed by atoms with Gasteiger partial charge in [-0.2, -0.15) is 4.31 Å². The highest BCUT2D eigenvalue weighted by Gasteiger charge is 2.38. The molecule has 0 radical (unpaired) electrons. The topological polar surface area (TPSA) is 107 Å². The quantitative estimate of drug-likeness (QED) is 0.661. The molecule has 1 unspecified atom stereocenters. The summed E-state index contributed by atoms with van der Waals surface area (Å²) < 4.78 is 26.6. The number of non-ortho nitro benzene ring substituents is 1. The number of hydrogen-bond acceptors (Lipinski definition) is 5. The van der Waals surface area contributed by atoms with E-state index < -0.39 is 14.9 Å². The summed E-state index contributed by atoms with van der Waals surface area (Å²) in [5.74, 6) is 0. The second-order valence-electron chi connectivity index (χ2n) is 5.97. The van der Waals surface area contributed by atoms with Gasteiger partial charge in [0.05, 0.1) is 9.82 Å². The van der Waals surface area contributed by atoms with Gasteiger partial charge >= 0.3 is 0 Å². The van der Waals surface area contributed by atoms with Crippen LogP contribution in [-0.2, 0) is 10.0 Å². The van der Waals surface area contributed by atoms with Gasteiger partial charge in [-0.1, -0.05) is 13.8 Å². The van der Waals surface area contributed by atoms with E-state index in [1.165, 1.54) is 28.6 Å². The zero-order chi connectivity index (χ0) is 15.8. The van der Waals surface area contributed by atoms with E-state index in [2.05, 4.69) is 0 Å². The number of nitrogens with two attached hydrogens (primary N) is 1. The molecule has 0 aliphatic carbocycles. The summed E-state index contributed by atoms with van der Waals surface area (Å²) in [5.41, 5.74) is 5.58. The van der Waals surface area contributed by atoms with Crippen LogP contribution in [0.1, 0.15) is 20.3 Å². The van der Waals surface area contributed by atoms with Gasteiger partial charge in [0.2, 0.25) is 10.0 Å². The average molecular weight is 350 g/mol. The van der Waals surface area contributed by atoms with Gasteiger partial charge in [-0.15, -0.1) is 12.4 Å². The average Bonchev–Trinajstić information content (AvgIpc) is 2.41. The number of nitro groups is 1. The minimum atomic E-state index is -3.64. The number of sulfonamides is 1. The number of nitrogens with zero attached hydrogens (tertiary/aromatic N) is 2. The van der Waals surface area contributed by atoms with E-state index in [0.29, 0.717) is 19.5 Å². The van der Waals surface area contributed by atoms with Crippen LogP contribution in [0.3, 0.4) is 0 Å². The first-order chi connectivity index (χ1) is 9.64. The number of nitro benzene ring substituents is 1. The lowest BCUT2D eigenvalue weighted by Crippen LogP contribution is -2.53. The molecule has 1 fully saturated rings. The van der Waals surface area contributed by atoms with E-state index in [1.54, 1.807) is 0 Å². The molecule has 1 aromatic rings. The number of hydrogen-bond donors (Lipinski definition) is 1. The zero-order valence-electron chi connectivity index (χ0n) is 12.4. The van der Waals surface area contributed by atoms with Crippen molar-refractivity contribution in [2.24, 2.45) is 11.1 Å². The van der Waals surface area contributed by atoms with Crippen molar-refractivity contribution in [3.8, 4) is 0 Å². The molecule has 9 heteroatoms. The van der Waals surface area contributed by atoms with Crippen molar-refractivity contribution in [1.29, 1.82) is 0 Å². The van der Waals surface area contributed by atoms with Gasteiger partial charge in [0, 0.05) is 31.3 Å². The van der Waals surface area contributed by atoms with Crippen LogP contribution in [-0.4, -0.2) is 36.8 Å². The molecule has 0 bridgehead atoms. The van der Waals surface area contributed by atoms with E-state index in [9.17, 15) is 18.5 Å². The van der Waals surface area contributed by atoms with Gasteiger partial charge in [0.25, 0.3) is 5.69 Å². The largest absolute Gasteiger partial charge is 0.327 e. The molecule has 2 N–H and O–H groups in total. The highest BCUT2D eigenvalue weighted by Crippen LogP contribution is 2.31. The van der Waals surface area contributed by atoms with E-state index in [-0.39, 0.29) is 34.4 Å². The molecule has 0 aromatic heterocycles. The Morgan fingerprint density at radius 3 is 2.32 bits per heavy atom. The molecule has 1 aromatic carbocycles. The first kappa shape index (κ1) is 18.8. The highest BCUT2D eigenvalue weighted by atomic mass is 35.5. The van der Waals surface area contributed by atoms with Gasteiger partial charge in [-0.05, 0) is 24.0 Å². The maximum atomic E-state index is 12.6. The van der Waals surface area contributed by atoms with Gasteiger partial charge < -0.3 is 5.73 Å². The number of benzene rings is 1. The third-order valence-electron chi connectivity index (χ3n) is 3.96. The van der Waals surface area contributed by atoms with Crippen molar-refractivity contribution in [3.63, 3.8) is 0 Å². The second kappa shape index (κ2) is 6.49. The first-order valence-electron chi connectivity index (χ1n) is 6.65. The van der Waals surface area contributed by atoms with Gasteiger partial charge in [-0.3, -0.25) is 10.1 Å². The smallest absolute Gasteiger partial charge is 0.269 e. The molecule has 124 valence electrons. The molecule has 0 saturated carbocycles. The lowest BCUT2D eigenvalue weighted by atomic mass is 9.81. The predicted octanol–water partition coefficient (Wildman–Crippen LogP) is 1.76. The number of piperidine rings is 1. The molecule has 2 rings (SSSR count). The van der Waals surface area contributed by atoms with Crippen molar-refractivity contribution in [2.75, 3.05) is 13.1 Å². The Morgan fingerprint density at radius 2 is 1.86 bits per heavy atom. The Balaban J connectivity index is 0.00000242. The van der Waals surface area contributed by atoms with Gasteiger partial charge in [0.1, 0.15) is 0 Å². The predicted molar refractivity (Wildman–Crippen MR) is 85.5 cm³/mol. The Morgan fingerprint density at radius 1 is 1.32 bits per heavy atom. The van der Waals surface area contributed by atoms with Crippen LogP contribution >= 0.6 is 12.4 Å². The van der Waals surface area contributed by atoms with Crippen molar-refractivity contribution in [1.82, 2.24) is 4.31 Å². The summed E-state index contributed by atoms with van der Waals surface area (Å²) in [4.78, 5) is 10.1. The fourth-order valence-electron chi connectivity index (χ4n) is 2.42. The summed E-state index contributed by atoms with van der Waals surface area (Å²) in [6.45, 7) is 4.59. The minimum Gasteiger partial charge on any atom is -0.327 e. The zero-order valence-corrected chi connectivity index (χ0v) is 14.1. The van der Waals surface area contributed by atoms with E-state index in [0.717, 1.165) is 0 Å². The third kappa shape index (κ3) is 3.57.